The summed E-state index contributed by atoms with van der Waals surface area (Å²) in [6.07, 6.45) is -1.51. The minimum Gasteiger partial charge on any atom is -0.347 e. The smallest absolute Gasteiger partial charge is 0.347 e. The van der Waals surface area contributed by atoms with Gasteiger partial charge >= 0.3 is 6.18 Å². The highest BCUT2D eigenvalue weighted by molar-refractivity contribution is 5.94. The van der Waals surface area contributed by atoms with Gasteiger partial charge in [0.2, 0.25) is 5.91 Å². The molecule has 1 aromatic rings. The van der Waals surface area contributed by atoms with E-state index in [9.17, 15) is 22.8 Å². The van der Waals surface area contributed by atoms with Crippen LogP contribution in [-0.2, 0) is 4.79 Å². The molecule has 0 spiro atoms. The quantitative estimate of drug-likeness (QED) is 0.912. The average Bonchev–Trinajstić information content (AvgIpc) is 2.96. The predicted molar refractivity (Wildman–Crippen MR) is 80.3 cm³/mol. The van der Waals surface area contributed by atoms with Crippen molar-refractivity contribution in [1.82, 2.24) is 20.0 Å². The normalized spacial score (nSPS) is 21.9. The number of hydrogen-bond donors (Lipinski definition) is 1. The van der Waals surface area contributed by atoms with Crippen molar-refractivity contribution in [1.29, 1.82) is 0 Å². The van der Waals surface area contributed by atoms with Gasteiger partial charge in [-0.1, -0.05) is 0 Å². The first-order valence-corrected chi connectivity index (χ1v) is 7.78. The van der Waals surface area contributed by atoms with Crippen LogP contribution in [0.25, 0.3) is 0 Å². The molecule has 1 aromatic heterocycles. The Morgan fingerprint density at radius 1 is 1.33 bits per heavy atom. The van der Waals surface area contributed by atoms with Gasteiger partial charge in [-0.25, -0.2) is 0 Å². The Hall–Kier alpha value is -2.06. The average molecular weight is 346 g/mol. The van der Waals surface area contributed by atoms with Crippen LogP contribution in [0.1, 0.15) is 50.0 Å². The zero-order valence-corrected chi connectivity index (χ0v) is 13.8. The molecule has 0 radical (unpaired) electrons. The van der Waals surface area contributed by atoms with E-state index in [0.29, 0.717) is 5.56 Å². The molecule has 134 valence electrons. The number of carbonyl (C=O) groups excluding carboxylic acids is 2. The zero-order valence-electron chi connectivity index (χ0n) is 13.8. The summed E-state index contributed by atoms with van der Waals surface area (Å²) in [6, 6.07) is -2.20. The number of hydrogen-bond acceptors (Lipinski definition) is 3. The molecule has 0 aliphatic carbocycles. The van der Waals surface area contributed by atoms with Gasteiger partial charge < -0.3 is 10.2 Å². The number of carbonyl (C=O) groups is 2. The van der Waals surface area contributed by atoms with Gasteiger partial charge in [0.15, 0.2) is 0 Å². The van der Waals surface area contributed by atoms with E-state index in [4.69, 9.17) is 0 Å². The molecule has 1 aliphatic heterocycles. The van der Waals surface area contributed by atoms with Gasteiger partial charge in [0.25, 0.3) is 5.91 Å². The first-order chi connectivity index (χ1) is 11.1. The molecule has 1 saturated heterocycles. The number of piperidine rings is 1. The van der Waals surface area contributed by atoms with E-state index in [-0.39, 0.29) is 25.4 Å². The van der Waals surface area contributed by atoms with Crippen molar-refractivity contribution in [2.45, 2.75) is 57.9 Å². The molecule has 0 aromatic carbocycles. The molecule has 0 saturated carbocycles. The third-order valence-electron chi connectivity index (χ3n) is 4.09. The SMILES string of the molecule is CC(=O)N1C[C@@H](NC(=O)c2cnn(C(C)C)c2)CC[C@H]1C(F)(F)F. The lowest BCUT2D eigenvalue weighted by atomic mass is 9.97. The zero-order chi connectivity index (χ0) is 18.1. The fraction of sp³-hybridized carbons (Fsp3) is 0.667. The highest BCUT2D eigenvalue weighted by Gasteiger charge is 2.47. The molecule has 2 heterocycles. The van der Waals surface area contributed by atoms with E-state index in [1.807, 2.05) is 13.8 Å². The summed E-state index contributed by atoms with van der Waals surface area (Å²) in [5.41, 5.74) is 0.344. The molecule has 1 N–H and O–H groups in total. The summed E-state index contributed by atoms with van der Waals surface area (Å²) < 4.78 is 40.6. The Bertz CT molecular complexity index is 612. The van der Waals surface area contributed by atoms with Gasteiger partial charge in [0, 0.05) is 31.7 Å². The van der Waals surface area contributed by atoms with Crippen LogP contribution >= 0.6 is 0 Å². The first-order valence-electron chi connectivity index (χ1n) is 7.78. The van der Waals surface area contributed by atoms with E-state index in [0.717, 1.165) is 11.8 Å². The minimum atomic E-state index is -4.46. The van der Waals surface area contributed by atoms with Gasteiger partial charge in [-0.2, -0.15) is 18.3 Å². The van der Waals surface area contributed by atoms with Crippen LogP contribution in [0.15, 0.2) is 12.4 Å². The van der Waals surface area contributed by atoms with Gasteiger partial charge in [0.1, 0.15) is 6.04 Å². The molecule has 1 aliphatic rings. The van der Waals surface area contributed by atoms with Crippen LogP contribution in [0.2, 0.25) is 0 Å². The number of aromatic nitrogens is 2. The molecule has 0 bridgehead atoms. The Balaban J connectivity index is 2.03. The Morgan fingerprint density at radius 3 is 2.50 bits per heavy atom. The number of nitrogens with zero attached hydrogens (tertiary/aromatic N) is 3. The second kappa shape index (κ2) is 6.82. The van der Waals surface area contributed by atoms with Crippen LogP contribution in [0, 0.1) is 0 Å². The van der Waals surface area contributed by atoms with Crippen LogP contribution in [0.5, 0.6) is 0 Å². The second-order valence-electron chi connectivity index (χ2n) is 6.28. The van der Waals surface area contributed by atoms with Crippen molar-refractivity contribution in [3.05, 3.63) is 18.0 Å². The van der Waals surface area contributed by atoms with Crippen molar-refractivity contribution in [3.63, 3.8) is 0 Å². The van der Waals surface area contributed by atoms with E-state index in [1.54, 1.807) is 10.9 Å². The molecule has 2 atom stereocenters. The van der Waals surface area contributed by atoms with Crippen molar-refractivity contribution in [2.24, 2.45) is 0 Å². The summed E-state index contributed by atoms with van der Waals surface area (Å²) in [5.74, 6) is -1.05. The summed E-state index contributed by atoms with van der Waals surface area (Å²) in [4.78, 5) is 24.5. The van der Waals surface area contributed by atoms with E-state index < -0.39 is 30.1 Å². The summed E-state index contributed by atoms with van der Waals surface area (Å²) >= 11 is 0. The number of alkyl halides is 3. The topological polar surface area (TPSA) is 67.2 Å². The van der Waals surface area contributed by atoms with Crippen molar-refractivity contribution < 1.29 is 22.8 Å². The lowest BCUT2D eigenvalue weighted by molar-refractivity contribution is -0.196. The molecule has 1 fully saturated rings. The lowest BCUT2D eigenvalue weighted by Crippen LogP contribution is -2.57. The van der Waals surface area contributed by atoms with Gasteiger partial charge in [0.05, 0.1) is 11.8 Å². The second-order valence-corrected chi connectivity index (χ2v) is 6.28. The summed E-state index contributed by atoms with van der Waals surface area (Å²) in [6.45, 7) is 4.79. The standard InChI is InChI=1S/C15H21F3N4O2/c1-9(2)22-7-11(6-19-22)14(24)20-12-4-5-13(15(16,17)18)21(8-12)10(3)23/h6-7,9,12-13H,4-5,8H2,1-3H3,(H,20,24)/t12-,13-/m0/s1. The summed E-state index contributed by atoms with van der Waals surface area (Å²) in [7, 11) is 0. The van der Waals surface area contributed by atoms with Crippen molar-refractivity contribution >= 4 is 11.8 Å². The number of likely N-dealkylation sites (tertiary alicyclic amines) is 1. The number of nitrogens with one attached hydrogen (secondary N) is 1. The number of halogens is 3. The fourth-order valence-electron chi connectivity index (χ4n) is 2.78. The lowest BCUT2D eigenvalue weighted by Gasteiger charge is -2.40. The van der Waals surface area contributed by atoms with Crippen LogP contribution < -0.4 is 5.32 Å². The molecular formula is C15H21F3N4O2. The Labute approximate surface area is 138 Å². The third kappa shape index (κ3) is 4.07. The van der Waals surface area contributed by atoms with Gasteiger partial charge in [-0.15, -0.1) is 0 Å². The monoisotopic (exact) mass is 346 g/mol. The Kier molecular flexibility index (Phi) is 5.19. The molecule has 0 unspecified atom stereocenters. The molecular weight excluding hydrogens is 325 g/mol. The summed E-state index contributed by atoms with van der Waals surface area (Å²) in [5, 5.41) is 6.75. The molecule has 24 heavy (non-hydrogen) atoms. The molecule has 2 rings (SSSR count). The van der Waals surface area contributed by atoms with E-state index in [2.05, 4.69) is 10.4 Å². The predicted octanol–water partition coefficient (Wildman–Crippen LogP) is 2.14. The van der Waals surface area contributed by atoms with E-state index in [1.165, 1.54) is 6.20 Å². The van der Waals surface area contributed by atoms with Gasteiger partial charge in [-0.05, 0) is 26.7 Å². The highest BCUT2D eigenvalue weighted by atomic mass is 19.4. The minimum absolute atomic E-state index is 0.0991. The highest BCUT2D eigenvalue weighted by Crippen LogP contribution is 2.32. The van der Waals surface area contributed by atoms with Gasteiger partial charge in [-0.3, -0.25) is 14.3 Å². The van der Waals surface area contributed by atoms with Crippen LogP contribution in [-0.4, -0.2) is 51.3 Å². The van der Waals surface area contributed by atoms with Crippen LogP contribution in [0.4, 0.5) is 13.2 Å². The maximum absolute atomic E-state index is 13.0. The first kappa shape index (κ1) is 18.3. The molecule has 2 amide bonds. The largest absolute Gasteiger partial charge is 0.408 e. The number of rotatable bonds is 3. The van der Waals surface area contributed by atoms with Crippen molar-refractivity contribution in [3.8, 4) is 0 Å². The third-order valence-corrected chi connectivity index (χ3v) is 4.09. The maximum Gasteiger partial charge on any atom is 0.408 e. The van der Waals surface area contributed by atoms with Crippen molar-refractivity contribution in [2.75, 3.05) is 6.54 Å². The Morgan fingerprint density at radius 2 is 2.00 bits per heavy atom. The molecule has 9 heteroatoms. The molecule has 6 nitrogen and oxygen atoms in total. The fourth-order valence-corrected chi connectivity index (χ4v) is 2.78. The van der Waals surface area contributed by atoms with E-state index >= 15 is 0 Å². The van der Waals surface area contributed by atoms with Crippen LogP contribution in [0.3, 0.4) is 0 Å². The number of amides is 2. The maximum atomic E-state index is 13.0.